The minimum atomic E-state index is -1.22. The lowest BCUT2D eigenvalue weighted by Crippen LogP contribution is -2.16. The minimum Gasteiger partial charge on any atom is -0.478 e. The summed E-state index contributed by atoms with van der Waals surface area (Å²) in [6, 6.07) is 19.3. The number of amides is 1. The Morgan fingerprint density at radius 3 is 2.42 bits per heavy atom. The normalized spacial score (nSPS) is 10.8. The molecule has 2 N–H and O–H groups in total. The highest BCUT2D eigenvalue weighted by Gasteiger charge is 2.17. The summed E-state index contributed by atoms with van der Waals surface area (Å²) < 4.78 is 6.13. The Labute approximate surface area is 198 Å². The number of nitriles is 1. The highest BCUT2D eigenvalue weighted by molar-refractivity contribution is 9.10. The van der Waals surface area contributed by atoms with Crippen molar-refractivity contribution >= 4 is 45.5 Å². The van der Waals surface area contributed by atoms with Gasteiger partial charge in [-0.3, -0.25) is 4.79 Å². The van der Waals surface area contributed by atoms with Crippen LogP contribution in [0, 0.1) is 18.3 Å². The van der Waals surface area contributed by atoms with Crippen LogP contribution in [0.5, 0.6) is 5.75 Å². The van der Waals surface area contributed by atoms with Crippen LogP contribution < -0.4 is 10.1 Å². The summed E-state index contributed by atoms with van der Waals surface area (Å²) in [5.41, 5.74) is 1.29. The van der Waals surface area contributed by atoms with Crippen LogP contribution in [0.15, 0.2) is 76.8 Å². The Balaban J connectivity index is 1.90. The lowest BCUT2D eigenvalue weighted by molar-refractivity contribution is -0.112. The first-order chi connectivity index (χ1) is 15.8. The van der Waals surface area contributed by atoms with Gasteiger partial charge in [-0.2, -0.15) is 5.26 Å². The molecule has 0 unspecified atom stereocenters. The van der Waals surface area contributed by atoms with E-state index in [9.17, 15) is 24.8 Å². The molecular weight excluding hydrogens is 488 g/mol. The Hall–Kier alpha value is -4.22. The Morgan fingerprint density at radius 1 is 1.06 bits per heavy atom. The van der Waals surface area contributed by atoms with Crippen LogP contribution in [-0.4, -0.2) is 23.0 Å². The van der Waals surface area contributed by atoms with Gasteiger partial charge in [0.15, 0.2) is 0 Å². The standard InChI is InChI=1S/C25H17BrN2O5/c1-15-6-8-16(9-7-15)25(32)33-22-11-10-19(26)13-17(22)12-18(14-27)23(29)28-21-5-3-2-4-20(21)24(30)31/h2-13H,1H3,(H,28,29)(H,30,31)/b18-12+. The number of aromatic carboxylic acids is 1. The first kappa shape index (κ1) is 23.4. The number of carbonyl (C=O) groups is 3. The number of ether oxygens (including phenoxy) is 1. The molecule has 1 amide bonds. The average Bonchev–Trinajstić information content (AvgIpc) is 2.79. The second-order valence-corrected chi connectivity index (χ2v) is 7.83. The Kier molecular flexibility index (Phi) is 7.38. The van der Waals surface area contributed by atoms with Gasteiger partial charge in [0.25, 0.3) is 5.91 Å². The number of nitrogens with zero attached hydrogens (tertiary/aromatic N) is 1. The summed E-state index contributed by atoms with van der Waals surface area (Å²) in [6.45, 7) is 1.90. The molecule has 7 nitrogen and oxygen atoms in total. The summed E-state index contributed by atoms with van der Waals surface area (Å²) in [6.07, 6.45) is 1.27. The van der Waals surface area contributed by atoms with Gasteiger partial charge in [0, 0.05) is 10.0 Å². The van der Waals surface area contributed by atoms with Gasteiger partial charge in [-0.25, -0.2) is 9.59 Å². The molecule has 0 fully saturated rings. The Morgan fingerprint density at radius 2 is 1.76 bits per heavy atom. The maximum Gasteiger partial charge on any atom is 0.343 e. The summed E-state index contributed by atoms with van der Waals surface area (Å²) in [5, 5.41) is 21.3. The van der Waals surface area contributed by atoms with E-state index in [0.717, 1.165) is 5.56 Å². The number of halogens is 1. The second-order valence-electron chi connectivity index (χ2n) is 6.91. The molecule has 0 bridgehead atoms. The molecule has 0 saturated carbocycles. The van der Waals surface area contributed by atoms with Crippen LogP contribution in [0.2, 0.25) is 0 Å². The van der Waals surface area contributed by atoms with Crippen molar-refractivity contribution in [2.75, 3.05) is 5.32 Å². The highest BCUT2D eigenvalue weighted by Crippen LogP contribution is 2.27. The third kappa shape index (κ3) is 5.93. The summed E-state index contributed by atoms with van der Waals surface area (Å²) >= 11 is 3.33. The first-order valence-electron chi connectivity index (χ1n) is 9.62. The van der Waals surface area contributed by atoms with E-state index in [-0.39, 0.29) is 22.6 Å². The van der Waals surface area contributed by atoms with Gasteiger partial charge in [0.1, 0.15) is 17.4 Å². The van der Waals surface area contributed by atoms with Gasteiger partial charge < -0.3 is 15.2 Å². The predicted octanol–water partition coefficient (Wildman–Crippen LogP) is 5.22. The maximum absolute atomic E-state index is 12.7. The molecule has 0 aliphatic heterocycles. The number of carboxylic acids is 1. The van der Waals surface area contributed by atoms with E-state index in [2.05, 4.69) is 21.2 Å². The van der Waals surface area contributed by atoms with Crippen molar-refractivity contribution < 1.29 is 24.2 Å². The fourth-order valence-electron chi connectivity index (χ4n) is 2.85. The van der Waals surface area contributed by atoms with Crippen molar-refractivity contribution in [3.05, 3.63) is 99.0 Å². The molecule has 0 radical (unpaired) electrons. The van der Waals surface area contributed by atoms with Gasteiger partial charge in [-0.15, -0.1) is 0 Å². The minimum absolute atomic E-state index is 0.0522. The van der Waals surface area contributed by atoms with Crippen LogP contribution in [-0.2, 0) is 4.79 Å². The zero-order valence-corrected chi connectivity index (χ0v) is 18.9. The molecule has 0 aliphatic rings. The number of para-hydroxylation sites is 1. The molecule has 3 aromatic rings. The third-order valence-electron chi connectivity index (χ3n) is 4.53. The van der Waals surface area contributed by atoms with E-state index < -0.39 is 17.8 Å². The smallest absolute Gasteiger partial charge is 0.343 e. The van der Waals surface area contributed by atoms with Crippen molar-refractivity contribution in [3.63, 3.8) is 0 Å². The number of hydrogen-bond acceptors (Lipinski definition) is 5. The molecule has 0 atom stereocenters. The molecule has 8 heteroatoms. The summed E-state index contributed by atoms with van der Waals surface area (Å²) in [4.78, 5) is 36.6. The maximum atomic E-state index is 12.7. The van der Waals surface area contributed by atoms with Gasteiger partial charge >= 0.3 is 11.9 Å². The van der Waals surface area contributed by atoms with Crippen LogP contribution in [0.25, 0.3) is 6.08 Å². The second kappa shape index (κ2) is 10.4. The van der Waals surface area contributed by atoms with Crippen molar-refractivity contribution in [3.8, 4) is 11.8 Å². The molecule has 0 saturated heterocycles. The number of benzene rings is 3. The monoisotopic (exact) mass is 504 g/mol. The van der Waals surface area contributed by atoms with Crippen molar-refractivity contribution in [2.24, 2.45) is 0 Å². The number of anilines is 1. The van der Waals surface area contributed by atoms with E-state index in [1.165, 1.54) is 30.3 Å². The molecule has 3 rings (SSSR count). The lowest BCUT2D eigenvalue weighted by atomic mass is 10.1. The number of esters is 1. The highest BCUT2D eigenvalue weighted by atomic mass is 79.9. The van der Waals surface area contributed by atoms with E-state index in [1.807, 2.05) is 6.92 Å². The fourth-order valence-corrected chi connectivity index (χ4v) is 3.22. The number of nitrogens with one attached hydrogen (secondary N) is 1. The molecule has 0 heterocycles. The summed E-state index contributed by atoms with van der Waals surface area (Å²) in [7, 11) is 0. The quantitative estimate of drug-likeness (QED) is 0.205. The van der Waals surface area contributed by atoms with E-state index in [0.29, 0.717) is 15.6 Å². The van der Waals surface area contributed by atoms with E-state index >= 15 is 0 Å². The fraction of sp³-hybridized carbons (Fsp3) is 0.0400. The number of aryl methyl sites for hydroxylation is 1. The van der Waals surface area contributed by atoms with Gasteiger partial charge in [0.05, 0.1) is 16.8 Å². The number of rotatable bonds is 6. The van der Waals surface area contributed by atoms with Crippen molar-refractivity contribution in [1.82, 2.24) is 0 Å². The zero-order valence-electron chi connectivity index (χ0n) is 17.3. The Bertz CT molecular complexity index is 1310. The molecule has 0 spiro atoms. The van der Waals surface area contributed by atoms with Crippen molar-refractivity contribution in [2.45, 2.75) is 6.92 Å². The molecule has 0 aliphatic carbocycles. The largest absolute Gasteiger partial charge is 0.478 e. The lowest BCUT2D eigenvalue weighted by Gasteiger charge is -2.10. The van der Waals surface area contributed by atoms with Crippen LogP contribution >= 0.6 is 15.9 Å². The van der Waals surface area contributed by atoms with Gasteiger partial charge in [-0.1, -0.05) is 45.8 Å². The zero-order chi connectivity index (χ0) is 24.0. The molecule has 164 valence electrons. The number of hydrogen-bond donors (Lipinski definition) is 2. The summed E-state index contributed by atoms with van der Waals surface area (Å²) in [5.74, 6) is -2.46. The topological polar surface area (TPSA) is 116 Å². The number of carboxylic acid groups (broad SMARTS) is 1. The van der Waals surface area contributed by atoms with E-state index in [4.69, 9.17) is 4.74 Å². The third-order valence-corrected chi connectivity index (χ3v) is 5.03. The first-order valence-corrected chi connectivity index (χ1v) is 10.4. The molecular formula is C25H17BrN2O5. The number of carbonyl (C=O) groups excluding carboxylic acids is 2. The molecule has 3 aromatic carbocycles. The molecule has 0 aromatic heterocycles. The van der Waals surface area contributed by atoms with E-state index in [1.54, 1.807) is 48.5 Å². The van der Waals surface area contributed by atoms with Crippen LogP contribution in [0.1, 0.15) is 31.8 Å². The van der Waals surface area contributed by atoms with Gasteiger partial charge in [-0.05, 0) is 55.5 Å². The van der Waals surface area contributed by atoms with Crippen LogP contribution in [0.3, 0.4) is 0 Å². The molecule has 33 heavy (non-hydrogen) atoms. The van der Waals surface area contributed by atoms with Crippen molar-refractivity contribution in [1.29, 1.82) is 5.26 Å². The predicted molar refractivity (Wildman–Crippen MR) is 126 cm³/mol. The van der Waals surface area contributed by atoms with Crippen LogP contribution in [0.4, 0.5) is 5.69 Å². The SMILES string of the molecule is Cc1ccc(C(=O)Oc2ccc(Br)cc2/C=C(\C#N)C(=O)Nc2ccccc2C(=O)O)cc1. The average molecular weight is 505 g/mol. The van der Waals surface area contributed by atoms with Gasteiger partial charge in [0.2, 0.25) is 0 Å².